The zero-order chi connectivity index (χ0) is 21.0. The van der Waals surface area contributed by atoms with Crippen molar-refractivity contribution in [2.75, 3.05) is 44.7 Å². The molecule has 0 saturated carbocycles. The van der Waals surface area contributed by atoms with Gasteiger partial charge in [-0.2, -0.15) is 0 Å². The number of methoxy groups -OCH3 is 1. The van der Waals surface area contributed by atoms with Crippen molar-refractivity contribution in [3.8, 4) is 22.6 Å². The Hall–Kier alpha value is -3.05. The molecule has 31 heavy (non-hydrogen) atoms. The van der Waals surface area contributed by atoms with Gasteiger partial charge in [0.25, 0.3) is 0 Å². The Morgan fingerprint density at radius 2 is 1.81 bits per heavy atom. The first-order chi connectivity index (χ1) is 15.3. The summed E-state index contributed by atoms with van der Waals surface area (Å²) in [6, 6.07) is 18.9. The quantitative estimate of drug-likeness (QED) is 0.596. The van der Waals surface area contributed by atoms with Gasteiger partial charge >= 0.3 is 0 Å². The molecule has 5 rings (SSSR count). The molecule has 3 aromatic rings. The van der Waals surface area contributed by atoms with E-state index in [0.29, 0.717) is 6.61 Å². The number of piperazine rings is 1. The van der Waals surface area contributed by atoms with Crippen molar-refractivity contribution in [1.29, 1.82) is 0 Å². The van der Waals surface area contributed by atoms with Crippen LogP contribution in [0.15, 0.2) is 60.8 Å². The molecule has 5 heteroatoms. The van der Waals surface area contributed by atoms with E-state index in [1.807, 2.05) is 18.3 Å². The van der Waals surface area contributed by atoms with Gasteiger partial charge in [0.2, 0.25) is 0 Å². The van der Waals surface area contributed by atoms with Crippen LogP contribution >= 0.6 is 0 Å². The highest BCUT2D eigenvalue weighted by molar-refractivity contribution is 5.80. The Morgan fingerprint density at radius 3 is 2.61 bits per heavy atom. The highest BCUT2D eigenvalue weighted by atomic mass is 16.5. The molecule has 0 N–H and O–H groups in total. The average Bonchev–Trinajstić information content (AvgIpc) is 2.84. The van der Waals surface area contributed by atoms with Crippen LogP contribution in [0.5, 0.6) is 11.5 Å². The number of aryl methyl sites for hydroxylation is 1. The molecule has 5 nitrogen and oxygen atoms in total. The monoisotopic (exact) mass is 415 g/mol. The minimum Gasteiger partial charge on any atom is -0.493 e. The first kappa shape index (κ1) is 19.9. The number of hydrogen-bond donors (Lipinski definition) is 0. The lowest BCUT2D eigenvalue weighted by molar-refractivity contribution is 0.254. The van der Waals surface area contributed by atoms with Crippen LogP contribution in [0.25, 0.3) is 11.1 Å². The average molecular weight is 416 g/mol. The summed E-state index contributed by atoms with van der Waals surface area (Å²) in [7, 11) is 1.71. The Balaban J connectivity index is 1.24. The van der Waals surface area contributed by atoms with E-state index in [-0.39, 0.29) is 0 Å². The van der Waals surface area contributed by atoms with Crippen LogP contribution in [0.3, 0.4) is 0 Å². The number of ether oxygens (including phenoxy) is 2. The van der Waals surface area contributed by atoms with Crippen molar-refractivity contribution < 1.29 is 9.47 Å². The Morgan fingerprint density at radius 1 is 0.968 bits per heavy atom. The van der Waals surface area contributed by atoms with E-state index in [0.717, 1.165) is 62.9 Å². The molecule has 0 unspecified atom stereocenters. The highest BCUT2D eigenvalue weighted by Gasteiger charge is 2.24. The van der Waals surface area contributed by atoms with Crippen LogP contribution in [-0.2, 0) is 13.0 Å². The molecular weight excluding hydrogens is 386 g/mol. The summed E-state index contributed by atoms with van der Waals surface area (Å²) in [4.78, 5) is 9.44. The number of aromatic nitrogens is 1. The molecule has 0 radical (unpaired) electrons. The van der Waals surface area contributed by atoms with Gasteiger partial charge in [0.05, 0.1) is 7.11 Å². The molecule has 1 aromatic heterocycles. The fourth-order valence-electron chi connectivity index (χ4n) is 4.69. The molecule has 160 valence electrons. The fraction of sp³-hybridized carbons (Fsp3) is 0.346. The summed E-state index contributed by atoms with van der Waals surface area (Å²) in [6.07, 6.45) is 4.04. The number of hydrogen-bond acceptors (Lipinski definition) is 5. The van der Waals surface area contributed by atoms with E-state index in [1.54, 1.807) is 7.11 Å². The minimum atomic E-state index is 0.601. The van der Waals surface area contributed by atoms with Crippen molar-refractivity contribution in [2.24, 2.45) is 0 Å². The van der Waals surface area contributed by atoms with E-state index in [4.69, 9.17) is 9.47 Å². The third-order valence-electron chi connectivity index (χ3n) is 6.35. The third-order valence-corrected chi connectivity index (χ3v) is 6.35. The van der Waals surface area contributed by atoms with Crippen LogP contribution in [-0.4, -0.2) is 49.7 Å². The summed E-state index contributed by atoms with van der Waals surface area (Å²) >= 11 is 0. The number of fused-ring (bicyclic) bond motifs is 3. The van der Waals surface area contributed by atoms with Gasteiger partial charge in [-0.1, -0.05) is 36.4 Å². The Labute approximate surface area is 184 Å². The molecule has 0 spiro atoms. The van der Waals surface area contributed by atoms with E-state index in [9.17, 15) is 0 Å². The van der Waals surface area contributed by atoms with Gasteiger partial charge in [0, 0.05) is 37.9 Å². The molecule has 0 bridgehead atoms. The lowest BCUT2D eigenvalue weighted by Gasteiger charge is -2.35. The molecule has 1 saturated heterocycles. The first-order valence-corrected chi connectivity index (χ1v) is 11.1. The first-order valence-electron chi connectivity index (χ1n) is 11.1. The van der Waals surface area contributed by atoms with E-state index in [2.05, 4.69) is 57.2 Å². The number of anilines is 1. The van der Waals surface area contributed by atoms with Crippen LogP contribution < -0.4 is 14.4 Å². The topological polar surface area (TPSA) is 37.8 Å². The largest absolute Gasteiger partial charge is 0.493 e. The normalized spacial score (nSPS) is 15.7. The third kappa shape index (κ3) is 4.10. The van der Waals surface area contributed by atoms with Gasteiger partial charge in [0.1, 0.15) is 12.4 Å². The second-order valence-electron chi connectivity index (χ2n) is 8.20. The van der Waals surface area contributed by atoms with Crippen molar-refractivity contribution in [1.82, 2.24) is 9.88 Å². The highest BCUT2D eigenvalue weighted by Crippen LogP contribution is 2.45. The number of rotatable bonds is 6. The Bertz CT molecular complexity index is 1030. The summed E-state index contributed by atoms with van der Waals surface area (Å²) in [5, 5.41) is 0. The molecule has 1 fully saturated rings. The zero-order valence-electron chi connectivity index (χ0n) is 18.1. The van der Waals surface area contributed by atoms with Crippen molar-refractivity contribution >= 4 is 5.82 Å². The second-order valence-corrected chi connectivity index (χ2v) is 8.20. The summed E-state index contributed by atoms with van der Waals surface area (Å²) < 4.78 is 11.7. The van der Waals surface area contributed by atoms with Crippen LogP contribution in [0, 0.1) is 0 Å². The Kier molecular flexibility index (Phi) is 5.76. The second kappa shape index (κ2) is 8.98. The molecule has 2 aliphatic heterocycles. The molecule has 2 aromatic carbocycles. The van der Waals surface area contributed by atoms with Crippen molar-refractivity contribution in [3.63, 3.8) is 0 Å². The van der Waals surface area contributed by atoms with E-state index in [1.165, 1.54) is 22.3 Å². The molecular formula is C26H29N3O2. The number of pyridine rings is 1. The fourth-order valence-corrected chi connectivity index (χ4v) is 4.69. The maximum Gasteiger partial charge on any atom is 0.169 e. The summed E-state index contributed by atoms with van der Waals surface area (Å²) in [5.41, 5.74) is 5.08. The van der Waals surface area contributed by atoms with E-state index < -0.39 is 0 Å². The maximum atomic E-state index is 6.12. The molecule has 3 heterocycles. The lowest BCUT2D eigenvalue weighted by Crippen LogP contribution is -2.47. The van der Waals surface area contributed by atoms with Crippen LogP contribution in [0.2, 0.25) is 0 Å². The maximum absolute atomic E-state index is 6.12. The molecule has 0 atom stereocenters. The smallest absolute Gasteiger partial charge is 0.169 e. The van der Waals surface area contributed by atoms with Crippen LogP contribution in [0.1, 0.15) is 17.5 Å². The number of nitrogens with zero attached hydrogens (tertiary/aromatic N) is 3. The van der Waals surface area contributed by atoms with Gasteiger partial charge in [-0.05, 0) is 54.3 Å². The molecule has 0 amide bonds. The van der Waals surface area contributed by atoms with Gasteiger partial charge < -0.3 is 14.4 Å². The predicted octanol–water partition coefficient (Wildman–Crippen LogP) is 4.40. The zero-order valence-corrected chi connectivity index (χ0v) is 18.1. The van der Waals surface area contributed by atoms with Gasteiger partial charge in [-0.15, -0.1) is 0 Å². The minimum absolute atomic E-state index is 0.601. The van der Waals surface area contributed by atoms with Crippen LogP contribution in [0.4, 0.5) is 5.82 Å². The van der Waals surface area contributed by atoms with Gasteiger partial charge in [-0.3, -0.25) is 4.90 Å². The van der Waals surface area contributed by atoms with Crippen molar-refractivity contribution in [3.05, 3.63) is 71.9 Å². The molecule has 2 aliphatic rings. The molecule has 0 aliphatic carbocycles. The lowest BCUT2D eigenvalue weighted by atomic mass is 9.90. The van der Waals surface area contributed by atoms with Crippen molar-refractivity contribution in [2.45, 2.75) is 19.4 Å². The number of benzene rings is 2. The summed E-state index contributed by atoms with van der Waals surface area (Å²) in [6.45, 7) is 5.96. The predicted molar refractivity (Wildman–Crippen MR) is 124 cm³/mol. The van der Waals surface area contributed by atoms with Gasteiger partial charge in [0.15, 0.2) is 11.5 Å². The van der Waals surface area contributed by atoms with Gasteiger partial charge in [-0.25, -0.2) is 4.98 Å². The van der Waals surface area contributed by atoms with E-state index >= 15 is 0 Å². The summed E-state index contributed by atoms with van der Waals surface area (Å²) in [5.74, 6) is 2.80. The standard InChI is InChI=1S/C26H29N3O2/c1-30-23-12-11-20(25-22-9-3-2-7-21(22)19-31-26(23)25)8-6-14-28-15-17-29(18-16-28)24-10-4-5-13-27-24/h2-5,7,9-13H,6,8,14-19H2,1H3. The SMILES string of the molecule is COc1ccc(CCCN2CCN(c3ccccn3)CC2)c2c1OCc1ccccc1-2.